The van der Waals surface area contributed by atoms with Crippen molar-refractivity contribution < 1.29 is 9.53 Å². The van der Waals surface area contributed by atoms with E-state index in [1.54, 1.807) is 13.2 Å². The van der Waals surface area contributed by atoms with Gasteiger partial charge in [0.2, 0.25) is 5.91 Å². The highest BCUT2D eigenvalue weighted by Gasteiger charge is 2.28. The molecule has 0 bridgehead atoms. The molecule has 1 aromatic rings. The average molecular weight is 330 g/mol. The van der Waals surface area contributed by atoms with Crippen molar-refractivity contribution in [3.63, 3.8) is 0 Å². The number of amides is 1. The van der Waals surface area contributed by atoms with Crippen molar-refractivity contribution >= 4 is 29.1 Å². The Balaban J connectivity index is 2.06. The van der Waals surface area contributed by atoms with Crippen molar-refractivity contribution in [1.82, 2.24) is 4.90 Å². The van der Waals surface area contributed by atoms with Crippen LogP contribution >= 0.6 is 23.2 Å². The van der Waals surface area contributed by atoms with Gasteiger partial charge in [-0.05, 0) is 49.4 Å². The van der Waals surface area contributed by atoms with E-state index in [0.717, 1.165) is 36.9 Å². The average Bonchev–Trinajstić information content (AvgIpc) is 2.44. The topological polar surface area (TPSA) is 29.5 Å². The maximum absolute atomic E-state index is 12.4. The zero-order valence-electron chi connectivity index (χ0n) is 12.5. The molecule has 2 rings (SSSR count). The molecule has 0 saturated heterocycles. The number of hydrogen-bond acceptors (Lipinski definition) is 2. The number of nitrogens with zero attached hydrogens (tertiary/aromatic N) is 1. The molecule has 0 spiro atoms. The summed E-state index contributed by atoms with van der Waals surface area (Å²) >= 11 is 12.3. The van der Waals surface area contributed by atoms with Crippen LogP contribution in [0.2, 0.25) is 10.0 Å². The van der Waals surface area contributed by atoms with E-state index in [-0.39, 0.29) is 11.9 Å². The van der Waals surface area contributed by atoms with Crippen molar-refractivity contribution in [2.75, 3.05) is 20.3 Å². The molecule has 1 aromatic carbocycles. The fraction of sp³-hybridized carbons (Fsp3) is 0.562. The first-order chi connectivity index (χ1) is 10.0. The summed E-state index contributed by atoms with van der Waals surface area (Å²) in [6.07, 6.45) is 3.13. The summed E-state index contributed by atoms with van der Waals surface area (Å²) < 4.78 is 5.01. The van der Waals surface area contributed by atoms with Crippen LogP contribution in [0.1, 0.15) is 43.4 Å². The van der Waals surface area contributed by atoms with Gasteiger partial charge in [-0.15, -0.1) is 0 Å². The Hall–Kier alpha value is -0.770. The monoisotopic (exact) mass is 329 g/mol. The standard InChI is InChI=1S/C16H21Cl2NO2/c1-11-14-9-12(17)10-15(18)13(14)6-7-19(11)16(20)5-3-4-8-21-2/h9-11H,3-8H2,1-2H3/t11-/m0/s1. The minimum atomic E-state index is 0.0277. The van der Waals surface area contributed by atoms with E-state index in [9.17, 15) is 4.79 Å². The number of halogens is 2. The molecule has 5 heteroatoms. The van der Waals surface area contributed by atoms with Crippen LogP contribution < -0.4 is 0 Å². The lowest BCUT2D eigenvalue weighted by Crippen LogP contribution is -2.38. The number of unbranched alkanes of at least 4 members (excludes halogenated alkanes) is 1. The largest absolute Gasteiger partial charge is 0.385 e. The molecule has 0 radical (unpaired) electrons. The zero-order valence-corrected chi connectivity index (χ0v) is 14.0. The third kappa shape index (κ3) is 3.91. The van der Waals surface area contributed by atoms with Gasteiger partial charge in [-0.1, -0.05) is 23.2 Å². The Bertz CT molecular complexity index is 519. The van der Waals surface area contributed by atoms with Gasteiger partial charge in [0.1, 0.15) is 0 Å². The van der Waals surface area contributed by atoms with Crippen LogP contribution in [0.25, 0.3) is 0 Å². The molecule has 0 fully saturated rings. The molecule has 1 heterocycles. The molecule has 0 saturated carbocycles. The molecule has 116 valence electrons. The van der Waals surface area contributed by atoms with E-state index in [2.05, 4.69) is 0 Å². The number of carbonyl (C=O) groups is 1. The van der Waals surface area contributed by atoms with E-state index in [0.29, 0.717) is 23.1 Å². The van der Waals surface area contributed by atoms with Gasteiger partial charge in [0.15, 0.2) is 0 Å². The lowest BCUT2D eigenvalue weighted by Gasteiger charge is -2.36. The Morgan fingerprint density at radius 2 is 2.14 bits per heavy atom. The number of ether oxygens (including phenoxy) is 1. The van der Waals surface area contributed by atoms with E-state index in [1.165, 1.54) is 0 Å². The summed E-state index contributed by atoms with van der Waals surface area (Å²) in [5.41, 5.74) is 2.20. The predicted molar refractivity (Wildman–Crippen MR) is 86.0 cm³/mol. The highest BCUT2D eigenvalue weighted by atomic mass is 35.5. The highest BCUT2D eigenvalue weighted by molar-refractivity contribution is 6.35. The zero-order chi connectivity index (χ0) is 15.4. The van der Waals surface area contributed by atoms with Crippen molar-refractivity contribution in [2.45, 2.75) is 38.6 Å². The van der Waals surface area contributed by atoms with E-state index < -0.39 is 0 Å². The first kappa shape index (κ1) is 16.6. The molecule has 21 heavy (non-hydrogen) atoms. The van der Waals surface area contributed by atoms with Crippen molar-refractivity contribution in [2.24, 2.45) is 0 Å². The molecule has 1 amide bonds. The molecule has 0 N–H and O–H groups in total. The Morgan fingerprint density at radius 1 is 1.38 bits per heavy atom. The first-order valence-corrected chi connectivity index (χ1v) is 8.06. The number of rotatable bonds is 5. The molecular formula is C16H21Cl2NO2. The van der Waals surface area contributed by atoms with E-state index >= 15 is 0 Å². The number of fused-ring (bicyclic) bond motifs is 1. The van der Waals surface area contributed by atoms with Gasteiger partial charge in [-0.25, -0.2) is 0 Å². The fourth-order valence-electron chi connectivity index (χ4n) is 2.86. The van der Waals surface area contributed by atoms with Crippen molar-refractivity contribution in [1.29, 1.82) is 0 Å². The van der Waals surface area contributed by atoms with Gasteiger partial charge in [-0.2, -0.15) is 0 Å². The third-order valence-electron chi connectivity index (χ3n) is 4.02. The van der Waals surface area contributed by atoms with Crippen LogP contribution in [0.5, 0.6) is 0 Å². The highest BCUT2D eigenvalue weighted by Crippen LogP contribution is 2.36. The lowest BCUT2D eigenvalue weighted by molar-refractivity contribution is -0.133. The summed E-state index contributed by atoms with van der Waals surface area (Å²) in [4.78, 5) is 14.3. The van der Waals surface area contributed by atoms with Crippen LogP contribution in [0.15, 0.2) is 12.1 Å². The predicted octanol–water partition coefficient (Wildman–Crippen LogP) is 4.26. The van der Waals surface area contributed by atoms with Crippen LogP contribution in [0, 0.1) is 0 Å². The number of hydrogen-bond donors (Lipinski definition) is 0. The van der Waals surface area contributed by atoms with Gasteiger partial charge < -0.3 is 9.64 Å². The Morgan fingerprint density at radius 3 is 2.86 bits per heavy atom. The van der Waals surface area contributed by atoms with Crippen LogP contribution in [-0.4, -0.2) is 31.1 Å². The second kappa shape index (κ2) is 7.48. The Labute approximate surface area is 136 Å². The summed E-state index contributed by atoms with van der Waals surface area (Å²) in [6.45, 7) is 3.47. The summed E-state index contributed by atoms with van der Waals surface area (Å²) in [5.74, 6) is 0.195. The molecule has 0 aliphatic carbocycles. The fourth-order valence-corrected chi connectivity index (χ4v) is 3.46. The maximum atomic E-state index is 12.4. The van der Waals surface area contributed by atoms with Gasteiger partial charge in [-0.3, -0.25) is 4.79 Å². The van der Waals surface area contributed by atoms with Gasteiger partial charge in [0, 0.05) is 36.7 Å². The minimum absolute atomic E-state index is 0.0277. The van der Waals surface area contributed by atoms with Gasteiger partial charge in [0.25, 0.3) is 0 Å². The van der Waals surface area contributed by atoms with E-state index in [1.807, 2.05) is 17.9 Å². The molecule has 3 nitrogen and oxygen atoms in total. The van der Waals surface area contributed by atoms with Crippen LogP contribution in [-0.2, 0) is 16.0 Å². The summed E-state index contributed by atoms with van der Waals surface area (Å²) in [5, 5.41) is 1.33. The third-order valence-corrected chi connectivity index (χ3v) is 4.58. The molecular weight excluding hydrogens is 309 g/mol. The van der Waals surface area contributed by atoms with E-state index in [4.69, 9.17) is 27.9 Å². The maximum Gasteiger partial charge on any atom is 0.223 e. The quantitative estimate of drug-likeness (QED) is 0.755. The SMILES string of the molecule is COCCCCC(=O)N1CCc2c(Cl)cc(Cl)cc2[C@@H]1C. The normalized spacial score (nSPS) is 17.7. The second-order valence-corrected chi connectivity index (χ2v) is 6.26. The lowest BCUT2D eigenvalue weighted by atomic mass is 9.93. The summed E-state index contributed by atoms with van der Waals surface area (Å²) in [7, 11) is 1.68. The van der Waals surface area contributed by atoms with Crippen LogP contribution in [0.4, 0.5) is 0 Å². The van der Waals surface area contributed by atoms with Gasteiger partial charge >= 0.3 is 0 Å². The molecule has 1 aliphatic heterocycles. The summed E-state index contributed by atoms with van der Waals surface area (Å²) in [6, 6.07) is 3.73. The van der Waals surface area contributed by atoms with Crippen molar-refractivity contribution in [3.05, 3.63) is 33.3 Å². The number of benzene rings is 1. The van der Waals surface area contributed by atoms with Crippen molar-refractivity contribution in [3.8, 4) is 0 Å². The Kier molecular flexibility index (Phi) is 5.91. The first-order valence-electron chi connectivity index (χ1n) is 7.30. The second-order valence-electron chi connectivity index (χ2n) is 5.42. The minimum Gasteiger partial charge on any atom is -0.385 e. The molecule has 0 aromatic heterocycles. The number of methoxy groups -OCH3 is 1. The van der Waals surface area contributed by atoms with Gasteiger partial charge in [0.05, 0.1) is 6.04 Å². The smallest absolute Gasteiger partial charge is 0.223 e. The molecule has 1 atom stereocenters. The van der Waals surface area contributed by atoms with Crippen LogP contribution in [0.3, 0.4) is 0 Å². The number of carbonyl (C=O) groups excluding carboxylic acids is 1. The molecule has 1 aliphatic rings. The molecule has 0 unspecified atom stereocenters.